The summed E-state index contributed by atoms with van der Waals surface area (Å²) in [5.74, 6) is -2.27. The van der Waals surface area contributed by atoms with Crippen molar-refractivity contribution in [1.82, 2.24) is 14.5 Å². The summed E-state index contributed by atoms with van der Waals surface area (Å²) in [6.07, 6.45) is -6.17. The number of rotatable bonds is 6. The Labute approximate surface area is 270 Å². The van der Waals surface area contributed by atoms with Crippen molar-refractivity contribution in [2.45, 2.75) is 50.1 Å². The highest BCUT2D eigenvalue weighted by atomic mass is 35.5. The minimum absolute atomic E-state index is 0.00431. The van der Waals surface area contributed by atoms with Crippen molar-refractivity contribution in [1.29, 1.82) is 0 Å². The summed E-state index contributed by atoms with van der Waals surface area (Å²) in [4.78, 5) is 33.6. The topological polar surface area (TPSA) is 86.1 Å². The maximum atomic E-state index is 15.3. The Kier molecular flexibility index (Phi) is 9.79. The van der Waals surface area contributed by atoms with Crippen LogP contribution in [0.3, 0.4) is 0 Å². The molecule has 1 aromatic heterocycles. The Balaban J connectivity index is 1.70. The lowest BCUT2D eigenvalue weighted by molar-refractivity contribution is -0.137. The van der Waals surface area contributed by atoms with Gasteiger partial charge in [0.1, 0.15) is 23.1 Å². The number of hydrogen-bond acceptors (Lipinski definition) is 8. The highest BCUT2D eigenvalue weighted by Gasteiger charge is 2.40. The van der Waals surface area contributed by atoms with Crippen molar-refractivity contribution in [3.8, 4) is 11.1 Å². The van der Waals surface area contributed by atoms with E-state index in [1.807, 2.05) is 0 Å². The van der Waals surface area contributed by atoms with Crippen LogP contribution in [-0.2, 0) is 26.9 Å². The predicted octanol–water partition coefficient (Wildman–Crippen LogP) is 6.21. The van der Waals surface area contributed by atoms with Crippen LogP contribution < -0.4 is 10.6 Å². The number of carbonyl (C=O) groups excluding carboxylic acids is 1. The highest BCUT2D eigenvalue weighted by molar-refractivity contribution is 7.99. The fourth-order valence-corrected chi connectivity index (χ4v) is 6.85. The second kappa shape index (κ2) is 13.2. The van der Waals surface area contributed by atoms with Crippen molar-refractivity contribution >= 4 is 46.2 Å². The molecule has 0 radical (unpaired) electrons. The highest BCUT2D eigenvalue weighted by Crippen LogP contribution is 2.49. The molecule has 0 unspecified atom stereocenters. The van der Waals surface area contributed by atoms with E-state index in [9.17, 15) is 27.2 Å². The number of methoxy groups -OCH3 is 1. The predicted molar refractivity (Wildman–Crippen MR) is 164 cm³/mol. The molecule has 0 saturated carbocycles. The van der Waals surface area contributed by atoms with E-state index in [1.165, 1.54) is 16.6 Å². The number of hydrogen-bond donors (Lipinski definition) is 0. The molecule has 1 saturated heterocycles. The van der Waals surface area contributed by atoms with Crippen LogP contribution in [0.5, 0.6) is 0 Å². The Morgan fingerprint density at radius 1 is 1.07 bits per heavy atom. The zero-order chi connectivity index (χ0) is 33.6. The largest absolute Gasteiger partial charge is 0.444 e. The molecule has 9 nitrogen and oxygen atoms in total. The van der Waals surface area contributed by atoms with E-state index < -0.39 is 63.0 Å². The minimum Gasteiger partial charge on any atom is -0.444 e. The fourth-order valence-electron chi connectivity index (χ4n) is 5.41. The first-order valence-corrected chi connectivity index (χ1v) is 15.7. The second-order valence-corrected chi connectivity index (χ2v) is 13.3. The molecule has 2 aromatic carbocycles. The molecule has 1 fully saturated rings. The fraction of sp³-hybridized carbons (Fsp3) is 0.500. The lowest BCUT2D eigenvalue weighted by atomic mass is 9.95. The summed E-state index contributed by atoms with van der Waals surface area (Å²) >= 11 is 6.91. The van der Waals surface area contributed by atoms with Gasteiger partial charge in [-0.1, -0.05) is 11.6 Å². The molecule has 5 rings (SSSR count). The average molecular weight is 691 g/mol. The van der Waals surface area contributed by atoms with E-state index in [2.05, 4.69) is 4.98 Å². The van der Waals surface area contributed by atoms with E-state index >= 15 is 4.39 Å². The third-order valence-corrected chi connectivity index (χ3v) is 8.97. The molecular weight excluding hydrogens is 659 g/mol. The van der Waals surface area contributed by atoms with Crippen molar-refractivity contribution in [2.24, 2.45) is 0 Å². The number of aromatic nitrogens is 2. The third-order valence-electron chi connectivity index (χ3n) is 7.45. The number of ether oxygens (including phenoxy) is 3. The molecule has 0 spiro atoms. The SMILES string of the molecule is COCCO[C@@H]1CSc2c(-c3cc(Cl)c(F)cc3F)c(C(F)(F)F)cc3c(N4CCN(C(=O)OC(C)(C)C)CC4)nc(=O)n(c23)C1. The summed E-state index contributed by atoms with van der Waals surface area (Å²) in [7, 11) is 1.48. The van der Waals surface area contributed by atoms with Gasteiger partial charge < -0.3 is 24.0 Å². The standard InChI is InChI=1S/C30H32ClF5N4O5S/c1-29(2,3)45-28(42)39-7-5-38(6-8-39)26-18-11-19(30(34,35)36)23(17-12-20(31)22(33)13-21(17)32)25-24(18)40(27(41)37-26)14-16(15-46-25)44-10-9-43-4/h11-13,16H,5-10,14-15H2,1-4H3/t16-/m0/s1. The summed E-state index contributed by atoms with van der Waals surface area (Å²) in [5, 5.41) is -0.554. The van der Waals surface area contributed by atoms with Gasteiger partial charge in [0.25, 0.3) is 0 Å². The number of thioether (sulfide) groups is 1. The molecule has 2 aliphatic heterocycles. The van der Waals surface area contributed by atoms with Gasteiger partial charge in [-0.05, 0) is 32.9 Å². The van der Waals surface area contributed by atoms with Crippen molar-refractivity contribution in [2.75, 3.05) is 57.2 Å². The summed E-state index contributed by atoms with van der Waals surface area (Å²) < 4.78 is 91.7. The van der Waals surface area contributed by atoms with Crippen LogP contribution >= 0.6 is 23.4 Å². The number of benzene rings is 2. The molecular formula is C30H32ClF5N4O5S. The van der Waals surface area contributed by atoms with Crippen LogP contribution in [-0.4, -0.2) is 84.5 Å². The summed E-state index contributed by atoms with van der Waals surface area (Å²) in [6.45, 7) is 6.21. The van der Waals surface area contributed by atoms with Crippen LogP contribution in [0.25, 0.3) is 22.0 Å². The molecule has 2 aliphatic rings. The Morgan fingerprint density at radius 2 is 1.76 bits per heavy atom. The maximum absolute atomic E-state index is 15.3. The quantitative estimate of drug-likeness (QED) is 0.172. The zero-order valence-corrected chi connectivity index (χ0v) is 27.0. The molecule has 1 atom stereocenters. The van der Waals surface area contributed by atoms with Crippen LogP contribution in [0.2, 0.25) is 5.02 Å². The lowest BCUT2D eigenvalue weighted by Gasteiger charge is -2.36. The summed E-state index contributed by atoms with van der Waals surface area (Å²) in [5.41, 5.74) is -3.70. The number of piperazine rings is 1. The number of alkyl halides is 3. The number of nitrogens with zero attached hydrogens (tertiary/aromatic N) is 4. The van der Waals surface area contributed by atoms with Gasteiger partial charge in [0.2, 0.25) is 0 Å². The van der Waals surface area contributed by atoms with Crippen molar-refractivity contribution in [3.05, 3.63) is 50.9 Å². The van der Waals surface area contributed by atoms with E-state index in [0.717, 1.165) is 23.9 Å². The molecule has 0 N–H and O–H groups in total. The number of amides is 1. The monoisotopic (exact) mass is 690 g/mol. The zero-order valence-electron chi connectivity index (χ0n) is 25.5. The number of halogens is 6. The Morgan fingerprint density at radius 3 is 2.39 bits per heavy atom. The van der Waals surface area contributed by atoms with Crippen LogP contribution in [0.15, 0.2) is 27.9 Å². The summed E-state index contributed by atoms with van der Waals surface area (Å²) in [6, 6.07) is 2.09. The molecule has 0 aliphatic carbocycles. The van der Waals surface area contributed by atoms with Crippen molar-refractivity contribution < 1.29 is 41.0 Å². The van der Waals surface area contributed by atoms with Crippen LogP contribution in [0.4, 0.5) is 32.6 Å². The van der Waals surface area contributed by atoms with Gasteiger partial charge in [-0.15, -0.1) is 11.8 Å². The van der Waals surface area contributed by atoms with Crippen LogP contribution in [0, 0.1) is 11.6 Å². The van der Waals surface area contributed by atoms with Gasteiger partial charge in [0.05, 0.1) is 42.0 Å². The van der Waals surface area contributed by atoms with Gasteiger partial charge in [0, 0.05) is 66.5 Å². The van der Waals surface area contributed by atoms with E-state index in [-0.39, 0.29) is 73.3 Å². The average Bonchev–Trinajstić information content (AvgIpc) is 3.16. The van der Waals surface area contributed by atoms with Gasteiger partial charge in [-0.2, -0.15) is 18.2 Å². The van der Waals surface area contributed by atoms with Crippen LogP contribution in [0.1, 0.15) is 26.3 Å². The smallest absolute Gasteiger partial charge is 0.417 e. The molecule has 3 aromatic rings. The molecule has 1 amide bonds. The molecule has 46 heavy (non-hydrogen) atoms. The first-order valence-electron chi connectivity index (χ1n) is 14.4. The number of carbonyl (C=O) groups is 1. The second-order valence-electron chi connectivity index (χ2n) is 11.8. The molecule has 250 valence electrons. The first-order chi connectivity index (χ1) is 21.6. The normalized spacial score (nSPS) is 17.4. The van der Waals surface area contributed by atoms with Gasteiger partial charge in [0.15, 0.2) is 0 Å². The molecule has 3 heterocycles. The van der Waals surface area contributed by atoms with Gasteiger partial charge >= 0.3 is 18.0 Å². The van der Waals surface area contributed by atoms with Gasteiger partial charge in [-0.3, -0.25) is 4.57 Å². The Hall–Kier alpha value is -3.14. The van der Waals surface area contributed by atoms with E-state index in [0.29, 0.717) is 6.07 Å². The third kappa shape index (κ3) is 7.06. The minimum atomic E-state index is -5.00. The molecule has 16 heteroatoms. The molecule has 0 bridgehead atoms. The van der Waals surface area contributed by atoms with Gasteiger partial charge in [-0.25, -0.2) is 18.4 Å². The first kappa shape index (κ1) is 34.2. The Bertz CT molecular complexity index is 1710. The lowest BCUT2D eigenvalue weighted by Crippen LogP contribution is -2.50. The van der Waals surface area contributed by atoms with E-state index in [4.69, 9.17) is 25.8 Å². The van der Waals surface area contributed by atoms with Crippen molar-refractivity contribution in [3.63, 3.8) is 0 Å². The number of anilines is 1. The maximum Gasteiger partial charge on any atom is 0.417 e. The van der Waals surface area contributed by atoms with E-state index in [1.54, 1.807) is 25.7 Å².